The van der Waals surface area contributed by atoms with Gasteiger partial charge in [-0.15, -0.1) is 0 Å². The van der Waals surface area contributed by atoms with Crippen molar-refractivity contribution in [1.82, 2.24) is 4.98 Å². The zero-order valence-corrected chi connectivity index (χ0v) is 22.0. The summed E-state index contributed by atoms with van der Waals surface area (Å²) in [6.07, 6.45) is 1.74. The van der Waals surface area contributed by atoms with Crippen LogP contribution in [0.1, 0.15) is 75.4 Å². The number of phenols is 2. The van der Waals surface area contributed by atoms with Gasteiger partial charge in [0.25, 0.3) is 0 Å². The smallest absolute Gasteiger partial charge is 0.123 e. The predicted octanol–water partition coefficient (Wildman–Crippen LogP) is 7.79. The zero-order chi connectivity index (χ0) is 23.1. The molecule has 0 aliphatic heterocycles. The molecule has 164 valence electrons. The maximum Gasteiger partial charge on any atom is 0.123 e. The number of hydrogen-bond acceptors (Lipinski definition) is 3. The fourth-order valence-electron chi connectivity index (χ4n) is 3.86. The highest BCUT2D eigenvalue weighted by Gasteiger charge is 2.31. The topological polar surface area (TPSA) is 53.4 Å². The maximum atomic E-state index is 11.4. The summed E-state index contributed by atoms with van der Waals surface area (Å²) >= 11 is 7.26. The van der Waals surface area contributed by atoms with Crippen molar-refractivity contribution in [1.29, 1.82) is 0 Å². The molecule has 2 N–H and O–H groups in total. The molecule has 0 saturated carbocycles. The fraction of sp³-hybridized carbons (Fsp3) is 0.346. The van der Waals surface area contributed by atoms with Gasteiger partial charge >= 0.3 is 0 Å². The van der Waals surface area contributed by atoms with Crippen LogP contribution in [-0.4, -0.2) is 15.2 Å². The van der Waals surface area contributed by atoms with Crippen molar-refractivity contribution in [2.45, 2.75) is 58.3 Å². The van der Waals surface area contributed by atoms with Crippen LogP contribution in [-0.2, 0) is 10.8 Å². The van der Waals surface area contributed by atoms with E-state index in [1.807, 2.05) is 42.5 Å². The quantitative estimate of drug-likeness (QED) is 0.352. The number of hydrogen-bond donors (Lipinski definition) is 2. The van der Waals surface area contributed by atoms with E-state index in [0.29, 0.717) is 11.1 Å². The minimum Gasteiger partial charge on any atom is -0.507 e. The average Bonchev–Trinajstić information content (AvgIpc) is 2.66. The molecule has 1 heterocycles. The third-order valence-corrected chi connectivity index (χ3v) is 6.35. The van der Waals surface area contributed by atoms with E-state index in [-0.39, 0.29) is 22.3 Å². The minimum atomic E-state index is -0.446. The fourth-order valence-corrected chi connectivity index (χ4v) is 4.81. The predicted molar refractivity (Wildman–Crippen MR) is 134 cm³/mol. The molecule has 0 saturated heterocycles. The zero-order valence-electron chi connectivity index (χ0n) is 18.8. The molecule has 1 aromatic heterocycles. The van der Waals surface area contributed by atoms with Crippen molar-refractivity contribution in [2.75, 3.05) is 0 Å². The van der Waals surface area contributed by atoms with E-state index < -0.39 is 5.92 Å². The van der Waals surface area contributed by atoms with E-state index in [0.717, 1.165) is 25.8 Å². The van der Waals surface area contributed by atoms with Crippen LogP contribution in [0.3, 0.4) is 0 Å². The number of pyridine rings is 1. The normalized spacial score (nSPS) is 12.4. The Bertz CT molecular complexity index is 1030. The van der Waals surface area contributed by atoms with Crippen LogP contribution in [0.4, 0.5) is 0 Å². The lowest BCUT2D eigenvalue weighted by molar-refractivity contribution is 0.431. The first-order chi connectivity index (χ1) is 14.3. The summed E-state index contributed by atoms with van der Waals surface area (Å²) in [5, 5.41) is 22.8. The van der Waals surface area contributed by atoms with Gasteiger partial charge in [0, 0.05) is 37.4 Å². The van der Waals surface area contributed by atoms with Gasteiger partial charge in [0.1, 0.15) is 11.5 Å². The molecule has 0 fully saturated rings. The molecule has 0 radical (unpaired) electrons. The van der Waals surface area contributed by atoms with Crippen LogP contribution in [0.2, 0.25) is 0 Å². The first-order valence-corrected chi connectivity index (χ1v) is 11.9. The average molecular weight is 547 g/mol. The number of rotatable bonds is 3. The van der Waals surface area contributed by atoms with Crippen LogP contribution in [0.5, 0.6) is 11.5 Å². The lowest BCUT2D eigenvalue weighted by atomic mass is 9.78. The van der Waals surface area contributed by atoms with Crippen molar-refractivity contribution < 1.29 is 10.2 Å². The summed E-state index contributed by atoms with van der Waals surface area (Å²) in [7, 11) is 0. The monoisotopic (exact) mass is 545 g/mol. The van der Waals surface area contributed by atoms with Gasteiger partial charge < -0.3 is 10.2 Å². The number of halogens is 2. The molecular weight excluding hydrogens is 518 g/mol. The van der Waals surface area contributed by atoms with Gasteiger partial charge in [-0.25, -0.2) is 0 Å². The largest absolute Gasteiger partial charge is 0.507 e. The molecule has 31 heavy (non-hydrogen) atoms. The molecule has 2 aromatic carbocycles. The molecule has 0 aliphatic carbocycles. The van der Waals surface area contributed by atoms with Crippen molar-refractivity contribution in [3.8, 4) is 11.5 Å². The first kappa shape index (κ1) is 23.8. The van der Waals surface area contributed by atoms with Crippen LogP contribution in [0.15, 0.2) is 57.6 Å². The first-order valence-electron chi connectivity index (χ1n) is 10.3. The lowest BCUT2D eigenvalue weighted by Crippen LogP contribution is -2.16. The molecule has 3 rings (SSSR count). The molecule has 0 unspecified atom stereocenters. The van der Waals surface area contributed by atoms with E-state index in [1.54, 1.807) is 6.20 Å². The van der Waals surface area contributed by atoms with Gasteiger partial charge in [-0.3, -0.25) is 4.98 Å². The second-order valence-corrected chi connectivity index (χ2v) is 11.8. The van der Waals surface area contributed by atoms with Crippen LogP contribution in [0.25, 0.3) is 0 Å². The second kappa shape index (κ2) is 8.59. The Morgan fingerprint density at radius 1 is 0.742 bits per heavy atom. The highest BCUT2D eigenvalue weighted by Crippen LogP contribution is 2.47. The Morgan fingerprint density at radius 2 is 1.19 bits per heavy atom. The minimum absolute atomic E-state index is 0.225. The van der Waals surface area contributed by atoms with Crippen LogP contribution < -0.4 is 0 Å². The Morgan fingerprint density at radius 3 is 1.55 bits per heavy atom. The molecule has 0 amide bonds. The van der Waals surface area contributed by atoms with E-state index >= 15 is 0 Å². The van der Waals surface area contributed by atoms with Crippen molar-refractivity contribution >= 4 is 31.9 Å². The van der Waals surface area contributed by atoms with Gasteiger partial charge in [-0.1, -0.05) is 79.5 Å². The van der Waals surface area contributed by atoms with Gasteiger partial charge in [0.2, 0.25) is 0 Å². The molecule has 0 spiro atoms. The molecule has 3 nitrogen and oxygen atoms in total. The second-order valence-electron chi connectivity index (χ2n) is 9.97. The summed E-state index contributed by atoms with van der Waals surface area (Å²) in [6, 6.07) is 13.5. The van der Waals surface area contributed by atoms with Gasteiger partial charge in [-0.2, -0.15) is 0 Å². The molecule has 0 aliphatic rings. The Kier molecular flexibility index (Phi) is 6.60. The number of benzene rings is 2. The summed E-state index contributed by atoms with van der Waals surface area (Å²) in [5.41, 5.74) is 3.31. The Labute approximate surface area is 201 Å². The van der Waals surface area contributed by atoms with E-state index in [1.165, 1.54) is 0 Å². The highest BCUT2D eigenvalue weighted by molar-refractivity contribution is 9.10. The van der Waals surface area contributed by atoms with Crippen LogP contribution in [0, 0.1) is 0 Å². The number of aromatic hydroxyl groups is 2. The van der Waals surface area contributed by atoms with Crippen molar-refractivity contribution in [2.24, 2.45) is 0 Å². The number of phenolic OH excluding ortho intramolecular Hbond substituents is 2. The van der Waals surface area contributed by atoms with Crippen molar-refractivity contribution in [3.05, 3.63) is 85.6 Å². The highest BCUT2D eigenvalue weighted by atomic mass is 79.9. The number of aromatic nitrogens is 1. The van der Waals surface area contributed by atoms with E-state index in [4.69, 9.17) is 0 Å². The molecule has 0 atom stereocenters. The standard InChI is InChI=1S/C26H29Br2NO2/c1-25(2,3)19-13-15(27)11-17(23(19)30)22(21-9-7-8-10-29-21)18-12-16(28)14-20(24(18)31)26(4,5)6/h7-14,22,30-31H,1-6H3. The third kappa shape index (κ3) is 4.98. The Balaban J connectivity index is 2.40. The van der Waals surface area contributed by atoms with Gasteiger partial charge in [-0.05, 0) is 47.2 Å². The molecule has 5 heteroatoms. The third-order valence-electron chi connectivity index (χ3n) is 5.43. The summed E-state index contributed by atoms with van der Waals surface area (Å²) in [4.78, 5) is 4.60. The SMILES string of the molecule is CC(C)(C)c1cc(Br)cc(C(c2ccccn2)c2cc(Br)cc(C(C)(C)C)c2O)c1O. The van der Waals surface area contributed by atoms with Gasteiger partial charge in [0.15, 0.2) is 0 Å². The maximum absolute atomic E-state index is 11.4. The van der Waals surface area contributed by atoms with Crippen LogP contribution >= 0.6 is 31.9 Å². The molecular formula is C26H29Br2NO2. The van der Waals surface area contributed by atoms with E-state index in [9.17, 15) is 10.2 Å². The summed E-state index contributed by atoms with van der Waals surface area (Å²) < 4.78 is 1.74. The summed E-state index contributed by atoms with van der Waals surface area (Å²) in [6.45, 7) is 12.4. The molecule has 0 bridgehead atoms. The van der Waals surface area contributed by atoms with E-state index in [2.05, 4.69) is 78.4 Å². The van der Waals surface area contributed by atoms with Crippen molar-refractivity contribution in [3.63, 3.8) is 0 Å². The Hall–Kier alpha value is -1.85. The lowest BCUT2D eigenvalue weighted by Gasteiger charge is -2.28. The van der Waals surface area contributed by atoms with Gasteiger partial charge in [0.05, 0.1) is 11.6 Å². The number of nitrogens with zero attached hydrogens (tertiary/aromatic N) is 1. The summed E-state index contributed by atoms with van der Waals surface area (Å²) in [5.74, 6) is 0.00414. The molecule has 3 aromatic rings.